The van der Waals surface area contributed by atoms with Crippen molar-refractivity contribution in [1.29, 1.82) is 0 Å². The predicted molar refractivity (Wildman–Crippen MR) is 188 cm³/mol. The first kappa shape index (κ1) is 33.9. The number of benzene rings is 2. The number of halogens is 1. The van der Waals surface area contributed by atoms with Crippen molar-refractivity contribution in [3.63, 3.8) is 0 Å². The quantitative estimate of drug-likeness (QED) is 0.221. The van der Waals surface area contributed by atoms with E-state index in [9.17, 15) is 9.18 Å². The molecule has 6 heteroatoms. The molecule has 1 aliphatic heterocycles. The van der Waals surface area contributed by atoms with Crippen LogP contribution in [0.4, 0.5) is 4.39 Å². The van der Waals surface area contributed by atoms with E-state index in [1.54, 1.807) is 12.1 Å². The van der Waals surface area contributed by atoms with E-state index in [0.717, 1.165) is 61.0 Å². The van der Waals surface area contributed by atoms with E-state index in [4.69, 9.17) is 9.47 Å². The summed E-state index contributed by atoms with van der Waals surface area (Å²) in [5.74, 6) is -0.416. The number of hydrogen-bond acceptors (Lipinski definition) is 3. The Kier molecular flexibility index (Phi) is 10.9. The highest BCUT2D eigenvalue weighted by Gasteiger charge is 2.39. The Morgan fingerprint density at radius 3 is 2.04 bits per heavy atom. The normalized spacial score (nSPS) is 22.4. The van der Waals surface area contributed by atoms with Crippen molar-refractivity contribution in [3.05, 3.63) is 72.2 Å². The molecule has 1 amide bonds. The third-order valence-electron chi connectivity index (χ3n) is 10.7. The lowest BCUT2D eigenvalue weighted by Crippen LogP contribution is -2.51. The monoisotopic (exact) mass is 642 g/mol. The molecule has 2 atom stereocenters. The largest absolute Gasteiger partial charge is 0.347 e. The van der Waals surface area contributed by atoms with Gasteiger partial charge in [-0.15, -0.1) is 0 Å². The fourth-order valence-electron chi connectivity index (χ4n) is 8.56. The minimum Gasteiger partial charge on any atom is -0.347 e. The molecular weight excluding hydrogens is 587 g/mol. The van der Waals surface area contributed by atoms with Crippen molar-refractivity contribution in [2.75, 3.05) is 0 Å². The number of amides is 1. The third kappa shape index (κ3) is 8.20. The molecule has 3 fully saturated rings. The molecule has 2 heterocycles. The minimum atomic E-state index is -0.763. The van der Waals surface area contributed by atoms with Gasteiger partial charge in [0.25, 0.3) is 0 Å². The summed E-state index contributed by atoms with van der Waals surface area (Å²) in [5.41, 5.74) is 5.66. The number of carbonyl (C=O) groups is 1. The number of rotatable bonds is 10. The summed E-state index contributed by atoms with van der Waals surface area (Å²) < 4.78 is 29.5. The molecule has 2 aliphatic carbocycles. The zero-order valence-electron chi connectivity index (χ0n) is 29.1. The Morgan fingerprint density at radius 2 is 1.45 bits per heavy atom. The molecule has 0 N–H and O–H groups in total. The fraction of sp³-hybridized carbons (Fsp3) is 0.585. The Labute approximate surface area is 281 Å². The average Bonchev–Trinajstić information content (AvgIpc) is 3.45. The van der Waals surface area contributed by atoms with Crippen LogP contribution in [0.3, 0.4) is 0 Å². The highest BCUT2D eigenvalue weighted by atomic mass is 19.1. The van der Waals surface area contributed by atoms with Gasteiger partial charge in [-0.2, -0.15) is 0 Å². The summed E-state index contributed by atoms with van der Waals surface area (Å²) in [4.78, 5) is 16.5. The summed E-state index contributed by atoms with van der Waals surface area (Å²) in [6.45, 7) is 9.20. The van der Waals surface area contributed by atoms with E-state index in [-0.39, 0.29) is 23.9 Å². The lowest BCUT2D eigenvalue weighted by molar-refractivity contribution is -0.300. The van der Waals surface area contributed by atoms with Crippen molar-refractivity contribution in [3.8, 4) is 22.4 Å². The topological polar surface area (TPSA) is 43.7 Å². The van der Waals surface area contributed by atoms with Gasteiger partial charge in [0.15, 0.2) is 5.79 Å². The van der Waals surface area contributed by atoms with Crippen LogP contribution in [0.15, 0.2) is 60.7 Å². The van der Waals surface area contributed by atoms with Crippen molar-refractivity contribution in [2.45, 2.75) is 154 Å². The second-order valence-corrected chi connectivity index (χ2v) is 15.0. The van der Waals surface area contributed by atoms with E-state index < -0.39 is 5.79 Å². The molecule has 0 unspecified atom stereocenters. The number of hydrogen-bond donors (Lipinski definition) is 0. The summed E-state index contributed by atoms with van der Waals surface area (Å²) >= 11 is 0. The first-order valence-corrected chi connectivity index (χ1v) is 18.4. The summed E-state index contributed by atoms with van der Waals surface area (Å²) in [6, 6.07) is 20.4. The van der Waals surface area contributed by atoms with E-state index in [1.807, 2.05) is 32.0 Å². The molecule has 47 heavy (non-hydrogen) atoms. The Bertz CT molecular complexity index is 1430. The minimum absolute atomic E-state index is 0.0435. The number of nitrogens with zero attached hydrogens (tertiary/aromatic N) is 2. The SMILES string of the molecule is CC(C)c1cc(-c2ccccc2)c(-c2ccc(F)cc2)n1CC[C@@H]1C[C@H](CC(=O)N(C2CCCCC2)C2CCCCC2)OC(C)(C)O1. The van der Waals surface area contributed by atoms with Gasteiger partial charge in [0.2, 0.25) is 5.91 Å². The van der Waals surface area contributed by atoms with Gasteiger partial charge in [0, 0.05) is 36.3 Å². The smallest absolute Gasteiger partial charge is 0.225 e. The van der Waals surface area contributed by atoms with Gasteiger partial charge in [-0.05, 0) is 93.3 Å². The maximum Gasteiger partial charge on any atom is 0.225 e. The van der Waals surface area contributed by atoms with Crippen molar-refractivity contribution in [2.24, 2.45) is 0 Å². The molecule has 0 bridgehead atoms. The Balaban J connectivity index is 1.23. The van der Waals surface area contributed by atoms with Crippen LogP contribution in [-0.2, 0) is 20.8 Å². The van der Waals surface area contributed by atoms with Gasteiger partial charge in [0.1, 0.15) is 5.82 Å². The van der Waals surface area contributed by atoms with Crippen LogP contribution in [0.1, 0.15) is 123 Å². The maximum absolute atomic E-state index is 14.2. The third-order valence-corrected chi connectivity index (χ3v) is 10.7. The highest BCUT2D eigenvalue weighted by molar-refractivity contribution is 5.83. The van der Waals surface area contributed by atoms with E-state index in [0.29, 0.717) is 30.8 Å². The van der Waals surface area contributed by atoms with E-state index in [1.165, 1.54) is 44.2 Å². The molecule has 1 aromatic heterocycles. The molecule has 3 aliphatic rings. The average molecular weight is 643 g/mol. The predicted octanol–water partition coefficient (Wildman–Crippen LogP) is 10.3. The molecule has 2 aromatic carbocycles. The summed E-state index contributed by atoms with van der Waals surface area (Å²) in [5, 5.41) is 0. The zero-order chi connectivity index (χ0) is 33.0. The second kappa shape index (κ2) is 15.1. The summed E-state index contributed by atoms with van der Waals surface area (Å²) in [7, 11) is 0. The van der Waals surface area contributed by atoms with Gasteiger partial charge in [-0.1, -0.05) is 82.7 Å². The summed E-state index contributed by atoms with van der Waals surface area (Å²) in [6.07, 6.45) is 13.8. The molecule has 5 nitrogen and oxygen atoms in total. The number of carbonyl (C=O) groups excluding carboxylic acids is 1. The number of ether oxygens (including phenoxy) is 2. The molecule has 6 rings (SSSR count). The van der Waals surface area contributed by atoms with Crippen LogP contribution < -0.4 is 0 Å². The molecular formula is C41H55FN2O3. The Hall–Kier alpha value is -2.96. The van der Waals surface area contributed by atoms with Gasteiger partial charge in [-0.25, -0.2) is 4.39 Å². The van der Waals surface area contributed by atoms with Crippen molar-refractivity contribution in [1.82, 2.24) is 9.47 Å². The Morgan fingerprint density at radius 1 is 0.851 bits per heavy atom. The molecule has 1 saturated heterocycles. The fourth-order valence-corrected chi connectivity index (χ4v) is 8.56. The lowest BCUT2D eigenvalue weighted by Gasteiger charge is -2.44. The van der Waals surface area contributed by atoms with Gasteiger partial charge < -0.3 is 18.9 Å². The number of aromatic nitrogens is 1. The molecule has 2 saturated carbocycles. The first-order chi connectivity index (χ1) is 22.7. The molecule has 0 radical (unpaired) electrons. The standard InChI is InChI=1S/C41H55FN2O3/c1-29(2)38-28-37(30-14-8-5-9-15-30)40(31-20-22-32(42)23-21-31)43(38)25-24-35-26-36(47-41(3,4)46-35)27-39(45)44(33-16-10-6-11-17-33)34-18-12-7-13-19-34/h5,8-9,14-15,20-23,28-29,33-36H,6-7,10-13,16-19,24-27H2,1-4H3/t35-,36-/m1/s1. The van der Waals surface area contributed by atoms with Crippen LogP contribution in [-0.4, -0.2) is 45.5 Å². The lowest BCUT2D eigenvalue weighted by atomic mass is 9.88. The molecule has 254 valence electrons. The van der Waals surface area contributed by atoms with E-state index in [2.05, 4.69) is 53.6 Å². The van der Waals surface area contributed by atoms with Crippen LogP contribution >= 0.6 is 0 Å². The highest BCUT2D eigenvalue weighted by Crippen LogP contribution is 2.39. The zero-order valence-corrected chi connectivity index (χ0v) is 29.1. The van der Waals surface area contributed by atoms with Crippen LogP contribution in [0, 0.1) is 5.82 Å². The van der Waals surface area contributed by atoms with Crippen molar-refractivity contribution < 1.29 is 18.7 Å². The van der Waals surface area contributed by atoms with Crippen LogP contribution in [0.25, 0.3) is 22.4 Å². The maximum atomic E-state index is 14.2. The van der Waals surface area contributed by atoms with Gasteiger partial charge in [0.05, 0.1) is 24.3 Å². The molecule has 0 spiro atoms. The van der Waals surface area contributed by atoms with Crippen molar-refractivity contribution >= 4 is 5.91 Å². The molecule has 3 aromatic rings. The van der Waals surface area contributed by atoms with E-state index >= 15 is 0 Å². The van der Waals surface area contributed by atoms with Gasteiger partial charge >= 0.3 is 0 Å². The first-order valence-electron chi connectivity index (χ1n) is 18.4. The van der Waals surface area contributed by atoms with Gasteiger partial charge in [-0.3, -0.25) is 4.79 Å². The van der Waals surface area contributed by atoms with Crippen LogP contribution in [0.5, 0.6) is 0 Å². The van der Waals surface area contributed by atoms with Crippen LogP contribution in [0.2, 0.25) is 0 Å². The second-order valence-electron chi connectivity index (χ2n) is 15.0.